The number of nitrogens with two attached hydrogens (primary N) is 1. The second kappa shape index (κ2) is 8.65. The predicted octanol–water partition coefficient (Wildman–Crippen LogP) is 1.64. The number of carbonyl (C=O) groups excluding carboxylic acids is 1. The molecule has 0 saturated carbocycles. The van der Waals surface area contributed by atoms with Crippen molar-refractivity contribution >= 4 is 39.0 Å². The minimum atomic E-state index is -0.358. The third-order valence-corrected chi connectivity index (χ3v) is 7.34. The molecule has 8 nitrogen and oxygen atoms in total. The van der Waals surface area contributed by atoms with Crippen molar-refractivity contribution in [2.45, 2.75) is 38.3 Å². The first kappa shape index (κ1) is 21.1. The van der Waals surface area contributed by atoms with Gasteiger partial charge in [0.05, 0.1) is 17.5 Å². The van der Waals surface area contributed by atoms with Crippen molar-refractivity contribution in [2.75, 3.05) is 36.8 Å². The van der Waals surface area contributed by atoms with Crippen molar-refractivity contribution in [3.05, 3.63) is 46.1 Å². The number of hydrogen-bond acceptors (Lipinski definition) is 8. The number of carbonyl (C=O) groups is 1. The number of aromatic nitrogens is 2. The Bertz CT molecular complexity index is 1160. The van der Waals surface area contributed by atoms with Crippen molar-refractivity contribution in [3.8, 4) is 0 Å². The minimum Gasteiger partial charge on any atom is -0.396 e. The molecule has 168 valence electrons. The summed E-state index contributed by atoms with van der Waals surface area (Å²) in [5, 5.41) is 16.5. The Hall–Kier alpha value is -2.75. The summed E-state index contributed by atoms with van der Waals surface area (Å²) in [5.41, 5.74) is 11.8. The molecule has 5 rings (SSSR count). The summed E-state index contributed by atoms with van der Waals surface area (Å²) in [6, 6.07) is 6.61. The van der Waals surface area contributed by atoms with Gasteiger partial charge in [-0.2, -0.15) is 0 Å². The fourth-order valence-corrected chi connectivity index (χ4v) is 5.58. The van der Waals surface area contributed by atoms with E-state index in [1.807, 2.05) is 6.92 Å². The average molecular weight is 453 g/mol. The molecule has 2 aromatic heterocycles. The highest BCUT2D eigenvalue weighted by Gasteiger charge is 2.25. The van der Waals surface area contributed by atoms with E-state index in [0.717, 1.165) is 43.7 Å². The molecular formula is C23H28N6O2S. The number of nitrogens with one attached hydrogen (secondary N) is 2. The monoisotopic (exact) mass is 452 g/mol. The van der Waals surface area contributed by atoms with Crippen LogP contribution in [0.3, 0.4) is 0 Å². The third-order valence-electron chi connectivity index (χ3n) is 6.25. The number of nitrogen functional groups attached to an aromatic ring is 1. The number of aryl methyl sites for hydroxylation is 2. The van der Waals surface area contributed by atoms with Crippen molar-refractivity contribution in [1.29, 1.82) is 0 Å². The number of amides is 1. The Morgan fingerprint density at radius 3 is 3.12 bits per heavy atom. The normalized spacial score (nSPS) is 21.2. The molecule has 1 aliphatic heterocycles. The fraction of sp³-hybridized carbons (Fsp3) is 0.435. The smallest absolute Gasteiger partial charge is 0.263 e. The van der Waals surface area contributed by atoms with Crippen LogP contribution in [0.5, 0.6) is 0 Å². The van der Waals surface area contributed by atoms with Crippen molar-refractivity contribution in [1.82, 2.24) is 20.6 Å². The number of thiophene rings is 1. The van der Waals surface area contributed by atoms with Crippen molar-refractivity contribution in [3.63, 3.8) is 0 Å². The molecule has 0 bridgehead atoms. The lowest BCUT2D eigenvalue weighted by atomic mass is 9.87. The number of benzene rings is 1. The van der Waals surface area contributed by atoms with E-state index in [9.17, 15) is 9.90 Å². The van der Waals surface area contributed by atoms with E-state index in [1.165, 1.54) is 22.5 Å². The van der Waals surface area contributed by atoms with E-state index in [4.69, 9.17) is 5.73 Å². The molecule has 0 radical (unpaired) electrons. The molecule has 2 aliphatic rings. The summed E-state index contributed by atoms with van der Waals surface area (Å²) >= 11 is 1.30. The zero-order chi connectivity index (χ0) is 22.2. The molecule has 1 aliphatic carbocycles. The van der Waals surface area contributed by atoms with E-state index in [0.29, 0.717) is 34.0 Å². The highest BCUT2D eigenvalue weighted by Crippen LogP contribution is 2.32. The first-order chi connectivity index (χ1) is 15.5. The molecule has 1 aromatic carbocycles. The van der Waals surface area contributed by atoms with Crippen LogP contribution in [-0.2, 0) is 12.8 Å². The number of hydrogen-bond donors (Lipinski definition) is 4. The molecule has 3 aromatic rings. The van der Waals surface area contributed by atoms with Gasteiger partial charge < -0.3 is 26.4 Å². The molecular weight excluding hydrogens is 424 g/mol. The molecule has 1 amide bonds. The number of β-amino-alcohol motifs (C(OH)–C–C–N with tert-alkyl or cyclic N) is 1. The van der Waals surface area contributed by atoms with Crippen LogP contribution in [0.15, 0.2) is 24.4 Å². The number of nitrogens with zero attached hydrogens (tertiary/aromatic N) is 3. The summed E-state index contributed by atoms with van der Waals surface area (Å²) in [5.74, 6) is -0.152. The van der Waals surface area contributed by atoms with Crippen molar-refractivity contribution < 1.29 is 9.90 Å². The lowest BCUT2D eigenvalue weighted by Crippen LogP contribution is -2.39. The lowest BCUT2D eigenvalue weighted by Gasteiger charge is -2.29. The first-order valence-electron chi connectivity index (χ1n) is 11.1. The summed E-state index contributed by atoms with van der Waals surface area (Å²) in [4.78, 5) is 25.2. The van der Waals surface area contributed by atoms with Gasteiger partial charge in [0.2, 0.25) is 0 Å². The Labute approximate surface area is 190 Å². The quantitative estimate of drug-likeness (QED) is 0.477. The van der Waals surface area contributed by atoms with Crippen LogP contribution in [-0.4, -0.2) is 59.3 Å². The second-order valence-corrected chi connectivity index (χ2v) is 9.68. The predicted molar refractivity (Wildman–Crippen MR) is 127 cm³/mol. The van der Waals surface area contributed by atoms with Gasteiger partial charge in [-0.1, -0.05) is 6.07 Å². The largest absolute Gasteiger partial charge is 0.396 e. The first-order valence-corrected chi connectivity index (χ1v) is 11.9. The van der Waals surface area contributed by atoms with Crippen LogP contribution in [0.1, 0.15) is 32.9 Å². The van der Waals surface area contributed by atoms with Gasteiger partial charge in [0.25, 0.3) is 5.91 Å². The number of fused-ring (bicyclic) bond motifs is 2. The summed E-state index contributed by atoms with van der Waals surface area (Å²) in [7, 11) is 0. The maximum atomic E-state index is 13.0. The third kappa shape index (κ3) is 4.15. The molecule has 32 heavy (non-hydrogen) atoms. The second-order valence-electron chi connectivity index (χ2n) is 8.68. The number of rotatable bonds is 3. The molecule has 0 unspecified atom stereocenters. The maximum absolute atomic E-state index is 13.0. The molecule has 2 atom stereocenters. The molecule has 1 saturated heterocycles. The number of aliphatic hydroxyl groups is 1. The molecule has 0 spiro atoms. The lowest BCUT2D eigenvalue weighted by molar-refractivity contribution is 0.0938. The standard InChI is InChI=1S/C23H28N6O2S/c1-13-10-26-20-19(24)21(32-23(20)27-13)22(31)28-16-4-2-15-9-17(5-3-14(15)8-16)29-7-6-25-11-18(30)12-29/h3,5,9-10,16,18,25,30H,2,4,6-8,11-12,24H2,1H3,(H,28,31)/t16-,18-/m1/s1. The molecule has 3 heterocycles. The van der Waals surface area contributed by atoms with Crippen LogP contribution in [0.4, 0.5) is 11.4 Å². The van der Waals surface area contributed by atoms with Crippen LogP contribution in [0.25, 0.3) is 10.3 Å². The van der Waals surface area contributed by atoms with E-state index < -0.39 is 0 Å². The average Bonchev–Trinajstić information content (AvgIpc) is 2.95. The SMILES string of the molecule is Cc1cnc2c(N)c(C(=O)N[C@@H]3CCc4cc(N5CCNC[C@@H](O)C5)ccc4C3)sc2n1. The highest BCUT2D eigenvalue weighted by molar-refractivity contribution is 7.21. The van der Waals surface area contributed by atoms with Gasteiger partial charge in [-0.05, 0) is 49.4 Å². The van der Waals surface area contributed by atoms with E-state index in [2.05, 4.69) is 43.7 Å². The van der Waals surface area contributed by atoms with Crippen molar-refractivity contribution in [2.24, 2.45) is 0 Å². The van der Waals surface area contributed by atoms with E-state index in [-0.39, 0.29) is 18.1 Å². The Kier molecular flexibility index (Phi) is 5.71. The Balaban J connectivity index is 1.28. The number of anilines is 2. The summed E-state index contributed by atoms with van der Waals surface area (Å²) in [6.45, 7) is 4.91. The summed E-state index contributed by atoms with van der Waals surface area (Å²) in [6.07, 6.45) is 3.90. The van der Waals surface area contributed by atoms with E-state index in [1.54, 1.807) is 6.20 Å². The molecule has 5 N–H and O–H groups in total. The van der Waals surface area contributed by atoms with Gasteiger partial charge in [0, 0.05) is 44.1 Å². The zero-order valence-corrected chi connectivity index (χ0v) is 18.9. The van der Waals surface area contributed by atoms with Gasteiger partial charge in [-0.25, -0.2) is 9.97 Å². The number of aliphatic hydroxyl groups excluding tert-OH is 1. The Morgan fingerprint density at radius 2 is 2.25 bits per heavy atom. The molecule has 9 heteroatoms. The summed E-state index contributed by atoms with van der Waals surface area (Å²) < 4.78 is 0. The van der Waals surface area contributed by atoms with Crippen LogP contribution in [0.2, 0.25) is 0 Å². The van der Waals surface area contributed by atoms with Gasteiger partial charge in [-0.15, -0.1) is 11.3 Å². The zero-order valence-electron chi connectivity index (χ0n) is 18.1. The maximum Gasteiger partial charge on any atom is 0.263 e. The topological polar surface area (TPSA) is 116 Å². The van der Waals surface area contributed by atoms with Crippen LogP contribution >= 0.6 is 11.3 Å². The molecule has 1 fully saturated rings. The van der Waals surface area contributed by atoms with Crippen LogP contribution < -0.4 is 21.3 Å². The highest BCUT2D eigenvalue weighted by atomic mass is 32.1. The Morgan fingerprint density at radius 1 is 1.38 bits per heavy atom. The van der Waals surface area contributed by atoms with Gasteiger partial charge in [0.15, 0.2) is 0 Å². The fourth-order valence-electron chi connectivity index (χ4n) is 4.58. The van der Waals surface area contributed by atoms with Gasteiger partial charge in [-0.3, -0.25) is 4.79 Å². The van der Waals surface area contributed by atoms with Crippen LogP contribution in [0, 0.1) is 6.92 Å². The van der Waals surface area contributed by atoms with Gasteiger partial charge >= 0.3 is 0 Å². The van der Waals surface area contributed by atoms with Gasteiger partial charge in [0.1, 0.15) is 15.2 Å². The minimum absolute atomic E-state index is 0.0670. The van der Waals surface area contributed by atoms with E-state index >= 15 is 0 Å².